The van der Waals surface area contributed by atoms with Crippen LogP contribution in [0.15, 0.2) is 133 Å². The van der Waals surface area contributed by atoms with Gasteiger partial charge in [0.2, 0.25) is 11.8 Å². The van der Waals surface area contributed by atoms with E-state index in [-0.39, 0.29) is 23.6 Å². The molecule has 0 heterocycles. The van der Waals surface area contributed by atoms with Gasteiger partial charge in [-0.1, -0.05) is 92.1 Å². The molecule has 0 saturated heterocycles. The zero-order chi connectivity index (χ0) is 38.6. The van der Waals surface area contributed by atoms with Crippen LogP contribution in [0.4, 0.5) is 22.7 Å². The number of fused-ring (bicyclic) bond motifs is 2. The Morgan fingerprint density at radius 1 is 0.436 bits per heavy atom. The summed E-state index contributed by atoms with van der Waals surface area (Å²) in [5.41, 5.74) is 4.18. The molecule has 55 heavy (non-hydrogen) atoms. The molecule has 8 heteroatoms. The number of hydrogen-bond acceptors (Lipinski definition) is 4. The van der Waals surface area contributed by atoms with Crippen LogP contribution in [0, 0.1) is 0 Å². The molecule has 0 aromatic heterocycles. The molecular weight excluding hydrogens is 685 g/mol. The lowest BCUT2D eigenvalue weighted by molar-refractivity contribution is -0.117. The van der Waals surface area contributed by atoms with Crippen LogP contribution >= 0.6 is 0 Å². The van der Waals surface area contributed by atoms with Crippen LogP contribution in [-0.2, 0) is 9.59 Å². The molecule has 0 fully saturated rings. The van der Waals surface area contributed by atoms with Crippen LogP contribution in [0.25, 0.3) is 21.5 Å². The van der Waals surface area contributed by atoms with E-state index in [2.05, 4.69) is 10.6 Å². The number of benzene rings is 6. The molecule has 4 amide bonds. The number of unbranched alkanes of at least 4 members (excludes halogenated alkanes) is 4. The number of carbonyl (C=O) groups excluding carboxylic acids is 4. The van der Waals surface area contributed by atoms with E-state index in [4.69, 9.17) is 0 Å². The summed E-state index contributed by atoms with van der Waals surface area (Å²) in [6, 6.07) is 42.1. The molecule has 280 valence electrons. The normalized spacial score (nSPS) is 10.9. The number of nitrogens with zero attached hydrogens (tertiary/aromatic N) is 2. The molecule has 0 unspecified atom stereocenters. The van der Waals surface area contributed by atoms with Gasteiger partial charge in [0.15, 0.2) is 0 Å². The number of nitrogens with one attached hydrogen (secondary N) is 2. The summed E-state index contributed by atoms with van der Waals surface area (Å²) >= 11 is 0. The summed E-state index contributed by atoms with van der Waals surface area (Å²) in [6.07, 6.45) is 5.05. The molecule has 0 radical (unpaired) electrons. The van der Waals surface area contributed by atoms with Crippen molar-refractivity contribution in [3.63, 3.8) is 0 Å². The zero-order valence-electron chi connectivity index (χ0n) is 31.6. The molecule has 0 bridgehead atoms. The van der Waals surface area contributed by atoms with Crippen LogP contribution in [0.2, 0.25) is 0 Å². The topological polar surface area (TPSA) is 98.8 Å². The van der Waals surface area contributed by atoms with E-state index in [0.717, 1.165) is 65.0 Å². The Morgan fingerprint density at radius 3 is 1.20 bits per heavy atom. The molecule has 0 saturated carbocycles. The lowest BCUT2D eigenvalue weighted by Gasteiger charge is -2.23. The average molecular weight is 733 g/mol. The molecule has 0 aliphatic rings. The maximum Gasteiger partial charge on any atom is 0.258 e. The molecule has 6 aromatic rings. The second-order valence-corrected chi connectivity index (χ2v) is 13.6. The van der Waals surface area contributed by atoms with Crippen molar-refractivity contribution in [2.45, 2.75) is 58.8 Å². The van der Waals surface area contributed by atoms with Crippen molar-refractivity contribution in [1.82, 2.24) is 0 Å². The summed E-state index contributed by atoms with van der Waals surface area (Å²) in [5.74, 6) is -0.303. The van der Waals surface area contributed by atoms with Gasteiger partial charge in [-0.3, -0.25) is 19.2 Å². The minimum absolute atomic E-state index is 0.0620. The van der Waals surface area contributed by atoms with Crippen molar-refractivity contribution in [2.75, 3.05) is 33.5 Å². The fourth-order valence-electron chi connectivity index (χ4n) is 6.99. The predicted octanol–water partition coefficient (Wildman–Crippen LogP) is 10.6. The van der Waals surface area contributed by atoms with Crippen LogP contribution in [0.5, 0.6) is 0 Å². The summed E-state index contributed by atoms with van der Waals surface area (Å²) < 4.78 is 0. The van der Waals surface area contributed by atoms with E-state index in [0.29, 0.717) is 48.4 Å². The van der Waals surface area contributed by atoms with Gasteiger partial charge >= 0.3 is 0 Å². The Kier molecular flexibility index (Phi) is 13.0. The van der Waals surface area contributed by atoms with Gasteiger partial charge in [-0.2, -0.15) is 0 Å². The largest absolute Gasteiger partial charge is 0.326 e. The minimum Gasteiger partial charge on any atom is -0.326 e. The van der Waals surface area contributed by atoms with Gasteiger partial charge in [0, 0.05) is 59.2 Å². The fraction of sp³-hybridized carbons (Fsp3) is 0.234. The van der Waals surface area contributed by atoms with E-state index in [1.54, 1.807) is 58.3 Å². The van der Waals surface area contributed by atoms with Gasteiger partial charge in [0.1, 0.15) is 0 Å². The SMILES string of the molecule is CCN(C(=O)c1ccc(NC(=O)CCCCCCCC(=O)Nc2ccc(C(=O)N(CC)c3cccc4ccccc34)cc2)cc1)c1cccc2ccccc12. The Balaban J connectivity index is 0.876. The fourth-order valence-corrected chi connectivity index (χ4v) is 6.99. The molecule has 2 N–H and O–H groups in total. The molecule has 0 spiro atoms. The van der Waals surface area contributed by atoms with E-state index in [1.165, 1.54) is 0 Å². The van der Waals surface area contributed by atoms with Gasteiger partial charge in [-0.15, -0.1) is 0 Å². The van der Waals surface area contributed by atoms with E-state index >= 15 is 0 Å². The highest BCUT2D eigenvalue weighted by atomic mass is 16.2. The van der Waals surface area contributed by atoms with Crippen LogP contribution < -0.4 is 20.4 Å². The minimum atomic E-state index is -0.0895. The van der Waals surface area contributed by atoms with Crippen LogP contribution in [0.1, 0.15) is 79.5 Å². The first-order valence-electron chi connectivity index (χ1n) is 19.3. The Morgan fingerprint density at radius 2 is 0.800 bits per heavy atom. The highest BCUT2D eigenvalue weighted by Gasteiger charge is 2.20. The first-order chi connectivity index (χ1) is 26.9. The molecule has 0 atom stereocenters. The van der Waals surface area contributed by atoms with Crippen LogP contribution in [0.3, 0.4) is 0 Å². The van der Waals surface area contributed by atoms with E-state index in [1.807, 2.05) is 98.8 Å². The van der Waals surface area contributed by atoms with Gasteiger partial charge in [-0.25, -0.2) is 0 Å². The van der Waals surface area contributed by atoms with Gasteiger partial charge < -0.3 is 20.4 Å². The van der Waals surface area contributed by atoms with Crippen LogP contribution in [-0.4, -0.2) is 36.7 Å². The summed E-state index contributed by atoms with van der Waals surface area (Å²) in [5, 5.41) is 10.1. The van der Waals surface area contributed by atoms with E-state index in [9.17, 15) is 19.2 Å². The third kappa shape index (κ3) is 9.64. The molecular formula is C47H48N4O4. The molecule has 8 nitrogen and oxygen atoms in total. The third-order valence-electron chi connectivity index (χ3n) is 9.88. The summed E-state index contributed by atoms with van der Waals surface area (Å²) in [6.45, 7) is 4.99. The second-order valence-electron chi connectivity index (χ2n) is 13.6. The Hall–Kier alpha value is -6.28. The van der Waals surface area contributed by atoms with Crippen molar-refractivity contribution in [1.29, 1.82) is 0 Å². The smallest absolute Gasteiger partial charge is 0.258 e. The average Bonchev–Trinajstić information content (AvgIpc) is 3.21. The number of rotatable bonds is 16. The van der Waals surface area contributed by atoms with Crippen molar-refractivity contribution >= 4 is 67.9 Å². The molecule has 6 aromatic carbocycles. The first kappa shape index (κ1) is 38.4. The Bertz CT molecular complexity index is 2100. The highest BCUT2D eigenvalue weighted by Crippen LogP contribution is 2.29. The lowest BCUT2D eigenvalue weighted by Crippen LogP contribution is -2.30. The zero-order valence-corrected chi connectivity index (χ0v) is 31.6. The number of anilines is 4. The van der Waals surface area contributed by atoms with E-state index < -0.39 is 0 Å². The molecule has 6 rings (SSSR count). The summed E-state index contributed by atoms with van der Waals surface area (Å²) in [4.78, 5) is 55.7. The standard InChI is InChI=1S/C47H48N4O4/c1-3-50(42-22-14-18-34-16-10-12-20-40(34)42)46(54)36-26-30-38(31-27-36)48-44(52)24-8-6-5-7-9-25-45(53)49-39-32-28-37(29-33-39)47(55)51(4-2)43-23-15-19-35-17-11-13-21-41(35)43/h10-23,26-33H,3-9,24-25H2,1-2H3,(H,48,52)(H,49,53). The predicted molar refractivity (Wildman–Crippen MR) is 225 cm³/mol. The maximum atomic E-state index is 13.5. The Labute approximate surface area is 323 Å². The van der Waals surface area contributed by atoms with Crippen molar-refractivity contribution in [3.05, 3.63) is 145 Å². The van der Waals surface area contributed by atoms with Gasteiger partial charge in [-0.05, 0) is 98.1 Å². The number of carbonyl (C=O) groups is 4. The number of amides is 4. The molecule has 0 aliphatic heterocycles. The van der Waals surface area contributed by atoms with Gasteiger partial charge in [0.25, 0.3) is 11.8 Å². The molecule has 0 aliphatic carbocycles. The maximum absolute atomic E-state index is 13.5. The third-order valence-corrected chi connectivity index (χ3v) is 9.88. The van der Waals surface area contributed by atoms with Crippen molar-refractivity contribution in [3.8, 4) is 0 Å². The quantitative estimate of drug-likeness (QED) is 0.0968. The number of hydrogen-bond donors (Lipinski definition) is 2. The van der Waals surface area contributed by atoms with Crippen molar-refractivity contribution < 1.29 is 19.2 Å². The summed E-state index contributed by atoms with van der Waals surface area (Å²) in [7, 11) is 0. The van der Waals surface area contributed by atoms with Crippen molar-refractivity contribution in [2.24, 2.45) is 0 Å². The van der Waals surface area contributed by atoms with Gasteiger partial charge in [0.05, 0.1) is 11.4 Å². The monoisotopic (exact) mass is 732 g/mol. The lowest BCUT2D eigenvalue weighted by atomic mass is 10.1. The highest BCUT2D eigenvalue weighted by molar-refractivity contribution is 6.12. The second kappa shape index (κ2) is 18.7. The first-order valence-corrected chi connectivity index (χ1v) is 19.3.